The van der Waals surface area contributed by atoms with Gasteiger partial charge in [0, 0.05) is 50.7 Å². The molecule has 0 saturated heterocycles. The topological polar surface area (TPSA) is 9.72 Å². The molecule has 0 amide bonds. The van der Waals surface area contributed by atoms with Gasteiger partial charge in [-0.25, -0.2) is 0 Å². The maximum Gasteiger partial charge on any atom is 0.252 e. The van der Waals surface area contributed by atoms with Crippen molar-refractivity contribution in [2.45, 2.75) is 174 Å². The fourth-order valence-electron chi connectivity index (χ4n) is 16.6. The molecule has 0 aromatic heterocycles. The van der Waals surface area contributed by atoms with E-state index in [1.54, 1.807) is 0 Å². The van der Waals surface area contributed by atoms with E-state index in [0.29, 0.717) is 0 Å². The zero-order chi connectivity index (χ0) is 59.5. The maximum absolute atomic E-state index is 2.85. The van der Waals surface area contributed by atoms with Crippen LogP contribution in [0.25, 0.3) is 33.4 Å². The predicted octanol–water partition coefficient (Wildman–Crippen LogP) is 20.4. The van der Waals surface area contributed by atoms with E-state index >= 15 is 0 Å². The Balaban J connectivity index is 1.16. The van der Waals surface area contributed by atoms with Gasteiger partial charge in [-0.3, -0.25) is 0 Å². The Bertz CT molecular complexity index is 4150. The van der Waals surface area contributed by atoms with Gasteiger partial charge in [0.1, 0.15) is 0 Å². The first-order valence-corrected chi connectivity index (χ1v) is 31.8. The first kappa shape index (κ1) is 55.3. The normalized spacial score (nSPS) is 19.9. The first-order chi connectivity index (χ1) is 40.3. The Morgan fingerprint density at radius 1 is 0.365 bits per heavy atom. The van der Waals surface area contributed by atoms with Crippen molar-refractivity contribution in [2.75, 3.05) is 14.7 Å². The molecule has 2 aliphatic carbocycles. The molecule has 3 aliphatic heterocycles. The summed E-state index contributed by atoms with van der Waals surface area (Å²) in [7, 11) is 0. The van der Waals surface area contributed by atoms with E-state index in [-0.39, 0.29) is 44.7 Å². The highest BCUT2D eigenvalue weighted by molar-refractivity contribution is 7.00. The quantitative estimate of drug-likeness (QED) is 0.154. The van der Waals surface area contributed by atoms with Gasteiger partial charge in [-0.1, -0.05) is 237 Å². The molecular weight excluding hydrogens is 1030 g/mol. The molecular formula is C81H86BN3. The average Bonchev–Trinajstić information content (AvgIpc) is 1.76. The van der Waals surface area contributed by atoms with Crippen LogP contribution in [0.1, 0.15) is 169 Å². The van der Waals surface area contributed by atoms with E-state index in [1.807, 2.05) is 0 Å². The average molecular weight is 1110 g/mol. The van der Waals surface area contributed by atoms with Crippen molar-refractivity contribution in [2.24, 2.45) is 0 Å². The van der Waals surface area contributed by atoms with Crippen LogP contribution in [-0.2, 0) is 32.5 Å². The van der Waals surface area contributed by atoms with Gasteiger partial charge in [-0.05, 0) is 186 Å². The van der Waals surface area contributed by atoms with Crippen LogP contribution in [0.3, 0.4) is 0 Å². The van der Waals surface area contributed by atoms with Gasteiger partial charge in [0.2, 0.25) is 0 Å². The van der Waals surface area contributed by atoms with Crippen molar-refractivity contribution in [3.05, 3.63) is 221 Å². The highest BCUT2D eigenvalue weighted by Crippen LogP contribution is 2.63. The third-order valence-electron chi connectivity index (χ3n) is 21.2. The number of benzene rings is 9. The van der Waals surface area contributed by atoms with Crippen molar-refractivity contribution in [3.8, 4) is 33.4 Å². The summed E-state index contributed by atoms with van der Waals surface area (Å²) in [4.78, 5) is 8.35. The number of hydrogen-bond acceptors (Lipinski definition) is 3. The zero-order valence-corrected chi connectivity index (χ0v) is 53.4. The highest BCUT2D eigenvalue weighted by atomic mass is 15.3. The molecule has 3 nitrogen and oxygen atoms in total. The molecule has 1 fully saturated rings. The molecule has 9 aromatic rings. The minimum absolute atomic E-state index is 0.0141. The molecule has 1 saturated carbocycles. The second-order valence-electron chi connectivity index (χ2n) is 30.9. The SMILES string of the molecule is CC(C)(C)c1ccc(N2c3cc(C(C)(C)C)ccc3B3c4cc5c(cc4N(c4ccc(C(C)(C)C)cc4-c4ccccc4)c4cc(N6c7ccc(-c8ccccc8)cc7C7(C)CCCCC67C)cc2c43)C(C)(C)CC5(C)C)c(-c2ccccc2)c1. The van der Waals surface area contributed by atoms with Crippen LogP contribution in [0.5, 0.6) is 0 Å². The molecule has 4 heteroatoms. The summed E-state index contributed by atoms with van der Waals surface area (Å²) in [5.74, 6) is 0. The molecule has 2 unspecified atom stereocenters. The van der Waals surface area contributed by atoms with Crippen molar-refractivity contribution in [1.82, 2.24) is 0 Å². The number of rotatable bonds is 6. The molecule has 0 N–H and O–H groups in total. The van der Waals surface area contributed by atoms with Gasteiger partial charge in [0.05, 0.1) is 16.9 Å². The minimum atomic E-state index is -0.221. The Morgan fingerprint density at radius 3 is 1.35 bits per heavy atom. The lowest BCUT2D eigenvalue weighted by atomic mass is 9.33. The fraction of sp³-hybridized carbons (Fsp3) is 0.333. The molecule has 2 atom stereocenters. The molecule has 9 aromatic carbocycles. The van der Waals surface area contributed by atoms with E-state index < -0.39 is 0 Å². The van der Waals surface area contributed by atoms with Crippen LogP contribution in [0.2, 0.25) is 0 Å². The second kappa shape index (κ2) is 19.0. The Hall–Kier alpha value is -7.56. The molecule has 428 valence electrons. The molecule has 0 bridgehead atoms. The highest BCUT2D eigenvalue weighted by Gasteiger charge is 2.58. The lowest BCUT2D eigenvalue weighted by Crippen LogP contribution is -2.62. The van der Waals surface area contributed by atoms with Crippen molar-refractivity contribution < 1.29 is 0 Å². The van der Waals surface area contributed by atoms with Gasteiger partial charge in [0.15, 0.2) is 0 Å². The van der Waals surface area contributed by atoms with Crippen LogP contribution in [0.4, 0.5) is 45.5 Å². The Kier molecular flexibility index (Phi) is 12.3. The van der Waals surface area contributed by atoms with Gasteiger partial charge < -0.3 is 14.7 Å². The molecule has 3 heterocycles. The largest absolute Gasteiger partial charge is 0.334 e. The van der Waals surface area contributed by atoms with Crippen LogP contribution >= 0.6 is 0 Å². The summed E-state index contributed by atoms with van der Waals surface area (Å²) in [5, 5.41) is 0. The molecule has 0 radical (unpaired) electrons. The summed E-state index contributed by atoms with van der Waals surface area (Å²) >= 11 is 0. The number of fused-ring (bicyclic) bond motifs is 8. The monoisotopic (exact) mass is 1110 g/mol. The Morgan fingerprint density at radius 2 is 0.824 bits per heavy atom. The van der Waals surface area contributed by atoms with Gasteiger partial charge in [-0.15, -0.1) is 0 Å². The van der Waals surface area contributed by atoms with Crippen LogP contribution in [0.15, 0.2) is 188 Å². The summed E-state index contributed by atoms with van der Waals surface area (Å²) < 4.78 is 0. The number of anilines is 8. The molecule has 14 rings (SSSR count). The number of nitrogens with zero attached hydrogens (tertiary/aromatic N) is 3. The third-order valence-corrected chi connectivity index (χ3v) is 21.2. The molecule has 85 heavy (non-hydrogen) atoms. The minimum Gasteiger partial charge on any atom is -0.334 e. The van der Waals surface area contributed by atoms with Crippen LogP contribution in [-0.4, -0.2) is 12.3 Å². The van der Waals surface area contributed by atoms with E-state index in [1.165, 1.54) is 141 Å². The van der Waals surface area contributed by atoms with Gasteiger partial charge in [0.25, 0.3) is 6.71 Å². The summed E-state index contributed by atoms with van der Waals surface area (Å²) in [6.45, 7) is 36.4. The lowest BCUT2D eigenvalue weighted by Gasteiger charge is -2.51. The zero-order valence-electron chi connectivity index (χ0n) is 53.4. The Labute approximate surface area is 509 Å². The van der Waals surface area contributed by atoms with E-state index in [9.17, 15) is 0 Å². The van der Waals surface area contributed by atoms with Gasteiger partial charge >= 0.3 is 0 Å². The summed E-state index contributed by atoms with van der Waals surface area (Å²) in [6, 6.07) is 74.1. The van der Waals surface area contributed by atoms with Crippen LogP contribution < -0.4 is 31.1 Å². The smallest absolute Gasteiger partial charge is 0.252 e. The molecule has 5 aliphatic rings. The lowest BCUT2D eigenvalue weighted by molar-refractivity contribution is 0.195. The summed E-state index contributed by atoms with van der Waals surface area (Å²) in [6.07, 6.45) is 5.73. The standard InChI is InChI=1S/C81H86BN3/c1-75(2,3)56-35-39-67(60(44-56)53-29-21-17-22-30-53)83-70-46-58(77(7,8)9)34-37-65(70)82-66-49-62-63(79(12,13)51-78(62,10)11)50-71(66)84(68-40-36-57(76(4,5)6)45-61(68)54-31-23-18-24-32-54)73-48-59(47-72(83)74(73)82)85-69-38-33-55(52-27-19-16-20-28-52)43-64(69)80(14)41-25-26-42-81(80,85)15/h16-24,27-40,43-50H,25-26,41-42,51H2,1-15H3. The van der Waals surface area contributed by atoms with Crippen molar-refractivity contribution in [3.63, 3.8) is 0 Å². The third kappa shape index (κ3) is 8.56. The predicted molar refractivity (Wildman–Crippen MR) is 366 cm³/mol. The second-order valence-corrected chi connectivity index (χ2v) is 30.9. The van der Waals surface area contributed by atoms with Gasteiger partial charge in [-0.2, -0.15) is 0 Å². The van der Waals surface area contributed by atoms with E-state index in [4.69, 9.17) is 0 Å². The van der Waals surface area contributed by atoms with Crippen LogP contribution in [0, 0.1) is 0 Å². The number of hydrogen-bond donors (Lipinski definition) is 0. The van der Waals surface area contributed by atoms with E-state index in [2.05, 4.69) is 307 Å². The maximum atomic E-state index is 2.85. The van der Waals surface area contributed by atoms with E-state index in [0.717, 1.165) is 19.3 Å². The van der Waals surface area contributed by atoms with Crippen molar-refractivity contribution in [1.29, 1.82) is 0 Å². The fourth-order valence-corrected chi connectivity index (χ4v) is 16.6. The van der Waals surface area contributed by atoms with Crippen molar-refractivity contribution >= 4 is 68.6 Å². The summed E-state index contributed by atoms with van der Waals surface area (Å²) in [5.41, 5.74) is 29.4. The molecule has 0 spiro atoms. The first-order valence-electron chi connectivity index (χ1n) is 31.8.